The van der Waals surface area contributed by atoms with E-state index in [0.29, 0.717) is 5.69 Å². The van der Waals surface area contributed by atoms with Crippen LogP contribution in [0.3, 0.4) is 0 Å². The molecule has 142 valence electrons. The molecule has 1 amide bonds. The van der Waals surface area contributed by atoms with Crippen molar-refractivity contribution in [1.29, 1.82) is 0 Å². The van der Waals surface area contributed by atoms with Crippen LogP contribution in [0.4, 0.5) is 17.1 Å². The van der Waals surface area contributed by atoms with E-state index in [1.807, 2.05) is 32.9 Å². The largest absolute Gasteiger partial charge is 0.449 e. The molecule has 27 heavy (non-hydrogen) atoms. The summed E-state index contributed by atoms with van der Waals surface area (Å²) < 4.78 is 5.13. The van der Waals surface area contributed by atoms with Gasteiger partial charge in [0.2, 0.25) is 0 Å². The standard InChI is InChI=1S/C19H21N3O5/c1-10-7-11(2)17(12(3)8-10)21-18(23)13(4)27-19(24)14-5-6-15(20)16(9-14)22(25)26/h5-9,13H,20H2,1-4H3,(H,21,23). The average Bonchev–Trinajstić information content (AvgIpc) is 2.57. The zero-order chi connectivity index (χ0) is 20.3. The second-order valence-corrected chi connectivity index (χ2v) is 6.34. The number of nitro groups is 1. The highest BCUT2D eigenvalue weighted by atomic mass is 16.6. The predicted octanol–water partition coefficient (Wildman–Crippen LogP) is 3.29. The Morgan fingerprint density at radius 2 is 1.74 bits per heavy atom. The van der Waals surface area contributed by atoms with Gasteiger partial charge in [0.15, 0.2) is 6.10 Å². The summed E-state index contributed by atoms with van der Waals surface area (Å²) >= 11 is 0. The van der Waals surface area contributed by atoms with E-state index in [-0.39, 0.29) is 11.3 Å². The number of nitro benzene ring substituents is 1. The van der Waals surface area contributed by atoms with Gasteiger partial charge in [-0.25, -0.2) is 4.79 Å². The summed E-state index contributed by atoms with van der Waals surface area (Å²) in [7, 11) is 0. The van der Waals surface area contributed by atoms with E-state index in [1.165, 1.54) is 19.1 Å². The van der Waals surface area contributed by atoms with E-state index >= 15 is 0 Å². The van der Waals surface area contributed by atoms with Gasteiger partial charge in [-0.1, -0.05) is 17.7 Å². The second-order valence-electron chi connectivity index (χ2n) is 6.34. The number of carbonyl (C=O) groups is 2. The highest BCUT2D eigenvalue weighted by molar-refractivity contribution is 5.98. The number of benzene rings is 2. The molecule has 0 radical (unpaired) electrons. The molecule has 0 bridgehead atoms. The van der Waals surface area contributed by atoms with E-state index in [9.17, 15) is 19.7 Å². The molecule has 0 saturated carbocycles. The number of amides is 1. The van der Waals surface area contributed by atoms with Crippen LogP contribution in [0.1, 0.15) is 34.0 Å². The number of ether oxygens (including phenoxy) is 1. The normalized spacial score (nSPS) is 11.6. The van der Waals surface area contributed by atoms with Gasteiger partial charge in [-0.15, -0.1) is 0 Å². The molecule has 0 saturated heterocycles. The van der Waals surface area contributed by atoms with Gasteiger partial charge in [0.05, 0.1) is 10.5 Å². The van der Waals surface area contributed by atoms with Crippen molar-refractivity contribution in [3.63, 3.8) is 0 Å². The minimum absolute atomic E-state index is 0.0572. The highest BCUT2D eigenvalue weighted by Crippen LogP contribution is 2.24. The molecule has 2 aromatic carbocycles. The van der Waals surface area contributed by atoms with E-state index in [2.05, 4.69) is 5.32 Å². The van der Waals surface area contributed by atoms with Crippen LogP contribution in [-0.2, 0) is 9.53 Å². The molecule has 0 fully saturated rings. The molecule has 8 nitrogen and oxygen atoms in total. The summed E-state index contributed by atoms with van der Waals surface area (Å²) in [6.45, 7) is 7.14. The monoisotopic (exact) mass is 371 g/mol. The van der Waals surface area contributed by atoms with Crippen molar-refractivity contribution in [3.05, 3.63) is 62.7 Å². The Kier molecular flexibility index (Phi) is 5.79. The third-order valence-electron chi connectivity index (χ3n) is 4.04. The van der Waals surface area contributed by atoms with Crippen LogP contribution < -0.4 is 11.1 Å². The van der Waals surface area contributed by atoms with Gasteiger partial charge in [-0.3, -0.25) is 14.9 Å². The van der Waals surface area contributed by atoms with Crippen molar-refractivity contribution in [2.75, 3.05) is 11.1 Å². The fraction of sp³-hybridized carbons (Fsp3) is 0.263. The molecule has 1 atom stereocenters. The van der Waals surface area contributed by atoms with Crippen molar-refractivity contribution < 1.29 is 19.2 Å². The number of anilines is 2. The Labute approximate surface area is 156 Å². The number of nitrogens with two attached hydrogens (primary N) is 1. The van der Waals surface area contributed by atoms with Crippen molar-refractivity contribution in [2.24, 2.45) is 0 Å². The summed E-state index contributed by atoms with van der Waals surface area (Å²) in [5.41, 5.74) is 8.52. The second kappa shape index (κ2) is 7.86. The molecule has 0 spiro atoms. The Morgan fingerprint density at radius 1 is 1.15 bits per heavy atom. The fourth-order valence-corrected chi connectivity index (χ4v) is 2.71. The molecule has 0 heterocycles. The molecule has 0 aliphatic rings. The molecule has 0 aromatic heterocycles. The zero-order valence-electron chi connectivity index (χ0n) is 15.5. The van der Waals surface area contributed by atoms with E-state index in [0.717, 1.165) is 22.8 Å². The number of hydrogen-bond acceptors (Lipinski definition) is 6. The predicted molar refractivity (Wildman–Crippen MR) is 102 cm³/mol. The Hall–Kier alpha value is -3.42. The summed E-state index contributed by atoms with van der Waals surface area (Å²) in [5, 5.41) is 13.7. The van der Waals surface area contributed by atoms with Crippen LogP contribution in [0.5, 0.6) is 0 Å². The van der Waals surface area contributed by atoms with E-state index < -0.39 is 28.6 Å². The number of carbonyl (C=O) groups excluding carboxylic acids is 2. The number of rotatable bonds is 5. The fourth-order valence-electron chi connectivity index (χ4n) is 2.71. The maximum Gasteiger partial charge on any atom is 0.339 e. The molecular formula is C19H21N3O5. The van der Waals surface area contributed by atoms with Gasteiger partial charge in [0.1, 0.15) is 5.69 Å². The smallest absolute Gasteiger partial charge is 0.339 e. The molecule has 2 aromatic rings. The lowest BCUT2D eigenvalue weighted by Crippen LogP contribution is -2.30. The van der Waals surface area contributed by atoms with Gasteiger partial charge in [0.25, 0.3) is 11.6 Å². The maximum atomic E-state index is 12.4. The quantitative estimate of drug-likeness (QED) is 0.360. The minimum atomic E-state index is -1.09. The molecule has 8 heteroatoms. The van der Waals surface area contributed by atoms with Crippen LogP contribution in [0.2, 0.25) is 0 Å². The highest BCUT2D eigenvalue weighted by Gasteiger charge is 2.22. The summed E-state index contributed by atoms with van der Waals surface area (Å²) in [6, 6.07) is 7.46. The summed E-state index contributed by atoms with van der Waals surface area (Å²) in [4.78, 5) is 34.8. The first-order chi connectivity index (χ1) is 12.6. The first kappa shape index (κ1) is 19.9. The first-order valence-electron chi connectivity index (χ1n) is 8.23. The van der Waals surface area contributed by atoms with Crippen molar-refractivity contribution in [1.82, 2.24) is 0 Å². The SMILES string of the molecule is Cc1cc(C)c(NC(=O)C(C)OC(=O)c2ccc(N)c([N+](=O)[O-])c2)c(C)c1. The molecule has 3 N–H and O–H groups in total. The van der Waals surface area contributed by atoms with Crippen molar-refractivity contribution in [3.8, 4) is 0 Å². The number of nitrogen functional groups attached to an aromatic ring is 1. The van der Waals surface area contributed by atoms with Crippen LogP contribution in [0, 0.1) is 30.9 Å². The van der Waals surface area contributed by atoms with Crippen LogP contribution in [0.25, 0.3) is 0 Å². The van der Waals surface area contributed by atoms with Crippen molar-refractivity contribution >= 4 is 28.9 Å². The van der Waals surface area contributed by atoms with Crippen LogP contribution in [-0.4, -0.2) is 22.9 Å². The zero-order valence-corrected chi connectivity index (χ0v) is 15.5. The van der Waals surface area contributed by atoms with Crippen LogP contribution in [0.15, 0.2) is 30.3 Å². The minimum Gasteiger partial charge on any atom is -0.449 e. The summed E-state index contributed by atoms with van der Waals surface area (Å²) in [5.74, 6) is -1.35. The van der Waals surface area contributed by atoms with Gasteiger partial charge in [0, 0.05) is 11.8 Å². The number of nitrogens with zero attached hydrogens (tertiary/aromatic N) is 1. The number of nitrogens with one attached hydrogen (secondary N) is 1. The molecule has 2 rings (SSSR count). The number of hydrogen-bond donors (Lipinski definition) is 2. The van der Waals surface area contributed by atoms with E-state index in [4.69, 9.17) is 10.5 Å². The third-order valence-corrected chi connectivity index (χ3v) is 4.04. The van der Waals surface area contributed by atoms with Gasteiger partial charge in [-0.05, 0) is 51.0 Å². The average molecular weight is 371 g/mol. The molecule has 0 aliphatic carbocycles. The summed E-state index contributed by atoms with van der Waals surface area (Å²) in [6.07, 6.45) is -1.09. The van der Waals surface area contributed by atoms with Crippen molar-refractivity contribution in [2.45, 2.75) is 33.8 Å². The van der Waals surface area contributed by atoms with Gasteiger partial charge >= 0.3 is 5.97 Å². The van der Waals surface area contributed by atoms with Gasteiger partial charge in [-0.2, -0.15) is 0 Å². The number of esters is 1. The third kappa shape index (κ3) is 4.60. The maximum absolute atomic E-state index is 12.4. The van der Waals surface area contributed by atoms with Gasteiger partial charge < -0.3 is 15.8 Å². The lowest BCUT2D eigenvalue weighted by molar-refractivity contribution is -0.383. The molecular weight excluding hydrogens is 350 g/mol. The lowest BCUT2D eigenvalue weighted by Gasteiger charge is -2.17. The molecule has 0 aliphatic heterocycles. The Balaban J connectivity index is 2.12. The van der Waals surface area contributed by atoms with Crippen LogP contribution >= 0.6 is 0 Å². The van der Waals surface area contributed by atoms with E-state index in [1.54, 1.807) is 0 Å². The number of aryl methyl sites for hydroxylation is 3. The Morgan fingerprint density at radius 3 is 2.30 bits per heavy atom. The first-order valence-corrected chi connectivity index (χ1v) is 8.23. The topological polar surface area (TPSA) is 125 Å². The Bertz CT molecular complexity index is 901. The lowest BCUT2D eigenvalue weighted by atomic mass is 10.0. The molecule has 1 unspecified atom stereocenters.